The van der Waals surface area contributed by atoms with Gasteiger partial charge in [-0.05, 0) is 18.6 Å². The number of fused-ring (bicyclic) bond motifs is 1. The maximum absolute atomic E-state index is 12.3. The van der Waals surface area contributed by atoms with Crippen LogP contribution >= 0.6 is 11.3 Å². The molecule has 3 aromatic rings. The van der Waals surface area contributed by atoms with E-state index < -0.39 is 0 Å². The van der Waals surface area contributed by atoms with Crippen LogP contribution in [0, 0.1) is 0 Å². The number of amides is 1. The lowest BCUT2D eigenvalue weighted by Gasteiger charge is -2.18. The Labute approximate surface area is 146 Å². The molecule has 0 radical (unpaired) electrons. The highest BCUT2D eigenvalue weighted by atomic mass is 32.1. The number of nitrogens with one attached hydrogen (secondary N) is 1. The first-order valence-electron chi connectivity index (χ1n) is 7.69. The van der Waals surface area contributed by atoms with Crippen LogP contribution < -0.4 is 14.8 Å². The second-order valence-corrected chi connectivity index (χ2v) is 6.25. The zero-order chi connectivity index (χ0) is 17.2. The van der Waals surface area contributed by atoms with E-state index in [4.69, 9.17) is 9.47 Å². The number of carbonyl (C=O) groups excluding carboxylic acids is 1. The fraction of sp³-hybridized carbons (Fsp3) is 0.267. The highest BCUT2D eigenvalue weighted by Gasteiger charge is 2.16. The molecule has 0 fully saturated rings. The van der Waals surface area contributed by atoms with Gasteiger partial charge in [-0.25, -0.2) is 4.68 Å². The number of hydrogen-bond acceptors (Lipinski definition) is 8. The van der Waals surface area contributed by atoms with Crippen LogP contribution in [0.5, 0.6) is 11.5 Å². The van der Waals surface area contributed by atoms with Crippen molar-refractivity contribution in [3.63, 3.8) is 0 Å². The van der Waals surface area contributed by atoms with E-state index in [2.05, 4.69) is 25.8 Å². The van der Waals surface area contributed by atoms with Crippen LogP contribution in [-0.2, 0) is 6.42 Å². The third kappa shape index (κ3) is 3.15. The third-order valence-electron chi connectivity index (χ3n) is 3.51. The Morgan fingerprint density at radius 2 is 2.08 bits per heavy atom. The van der Waals surface area contributed by atoms with Crippen molar-refractivity contribution >= 4 is 22.4 Å². The maximum Gasteiger partial charge on any atom is 0.279 e. The van der Waals surface area contributed by atoms with Gasteiger partial charge in [0.15, 0.2) is 17.2 Å². The van der Waals surface area contributed by atoms with E-state index in [9.17, 15) is 4.79 Å². The Balaban J connectivity index is 1.52. The molecule has 1 aliphatic rings. The van der Waals surface area contributed by atoms with E-state index in [1.165, 1.54) is 16.0 Å². The summed E-state index contributed by atoms with van der Waals surface area (Å²) in [5.41, 5.74) is 0.906. The fourth-order valence-corrected chi connectivity index (χ4v) is 2.95. The summed E-state index contributed by atoms with van der Waals surface area (Å²) in [6, 6.07) is 5.42. The Morgan fingerprint density at radius 3 is 2.88 bits per heavy atom. The molecule has 0 saturated carbocycles. The van der Waals surface area contributed by atoms with E-state index in [1.807, 2.05) is 13.0 Å². The topological polar surface area (TPSA) is 104 Å². The van der Waals surface area contributed by atoms with Gasteiger partial charge in [0.2, 0.25) is 5.13 Å². The van der Waals surface area contributed by atoms with Gasteiger partial charge in [0.1, 0.15) is 18.2 Å². The molecule has 0 bridgehead atoms. The Hall–Kier alpha value is -3.01. The second kappa shape index (κ2) is 6.48. The number of hydrogen-bond donors (Lipinski definition) is 1. The fourth-order valence-electron chi connectivity index (χ4n) is 2.28. The standard InChI is InChI=1S/C15H14N6O3S/c1-2-13-18-19-15(25-13)16-14(22)10-8-21(20-17-10)9-3-4-11-12(7-9)24-6-5-23-11/h3-4,7-8H,2,5-6H2,1H3,(H,16,19,22). The molecule has 3 heterocycles. The second-order valence-electron chi connectivity index (χ2n) is 5.18. The Morgan fingerprint density at radius 1 is 1.24 bits per heavy atom. The van der Waals surface area contributed by atoms with E-state index in [-0.39, 0.29) is 11.6 Å². The minimum Gasteiger partial charge on any atom is -0.486 e. The van der Waals surface area contributed by atoms with Crippen LogP contribution in [0.25, 0.3) is 5.69 Å². The molecule has 1 aliphatic heterocycles. The summed E-state index contributed by atoms with van der Waals surface area (Å²) in [7, 11) is 0. The van der Waals surface area contributed by atoms with Gasteiger partial charge in [-0.3, -0.25) is 10.1 Å². The van der Waals surface area contributed by atoms with Crippen LogP contribution in [0.15, 0.2) is 24.4 Å². The monoisotopic (exact) mass is 358 g/mol. The number of rotatable bonds is 4. The average molecular weight is 358 g/mol. The lowest BCUT2D eigenvalue weighted by Crippen LogP contribution is -2.15. The first kappa shape index (κ1) is 15.5. The van der Waals surface area contributed by atoms with Crippen LogP contribution in [0.4, 0.5) is 5.13 Å². The predicted octanol–water partition coefficient (Wildman–Crippen LogP) is 1.70. The molecule has 9 nitrogen and oxygen atoms in total. The van der Waals surface area contributed by atoms with Crippen molar-refractivity contribution in [3.8, 4) is 17.2 Å². The molecular formula is C15H14N6O3S. The number of benzene rings is 1. The maximum atomic E-state index is 12.3. The lowest BCUT2D eigenvalue weighted by molar-refractivity contribution is 0.102. The SMILES string of the molecule is CCc1nnc(NC(=O)c2cn(-c3ccc4c(c3)OCCO4)nn2)s1. The van der Waals surface area contributed by atoms with Gasteiger partial charge in [-0.15, -0.1) is 15.3 Å². The molecule has 0 unspecified atom stereocenters. The normalized spacial score (nSPS) is 12.8. The van der Waals surface area contributed by atoms with Crippen LogP contribution in [0.2, 0.25) is 0 Å². The van der Waals surface area contributed by atoms with Gasteiger partial charge in [0.05, 0.1) is 11.9 Å². The number of aromatic nitrogens is 5. The van der Waals surface area contributed by atoms with Crippen LogP contribution in [0.3, 0.4) is 0 Å². The zero-order valence-electron chi connectivity index (χ0n) is 13.3. The third-order valence-corrected chi connectivity index (χ3v) is 4.49. The van der Waals surface area contributed by atoms with Gasteiger partial charge in [0, 0.05) is 6.07 Å². The van der Waals surface area contributed by atoms with Gasteiger partial charge in [-0.2, -0.15) is 0 Å². The number of nitrogens with zero attached hydrogens (tertiary/aromatic N) is 5. The minimum atomic E-state index is -0.386. The predicted molar refractivity (Wildman–Crippen MR) is 89.6 cm³/mol. The summed E-state index contributed by atoms with van der Waals surface area (Å²) >= 11 is 1.33. The molecule has 128 valence electrons. The van der Waals surface area contributed by atoms with Gasteiger partial charge < -0.3 is 9.47 Å². The molecular weight excluding hydrogens is 344 g/mol. The van der Waals surface area contributed by atoms with Crippen molar-refractivity contribution in [3.05, 3.63) is 35.1 Å². The first-order chi connectivity index (χ1) is 12.2. The number of anilines is 1. The van der Waals surface area contributed by atoms with Crippen LogP contribution in [-0.4, -0.2) is 44.3 Å². The van der Waals surface area contributed by atoms with Crippen molar-refractivity contribution in [1.82, 2.24) is 25.2 Å². The van der Waals surface area contributed by atoms with Crippen molar-refractivity contribution in [2.75, 3.05) is 18.5 Å². The van der Waals surface area contributed by atoms with Crippen molar-refractivity contribution in [2.24, 2.45) is 0 Å². The molecule has 1 N–H and O–H groups in total. The van der Waals surface area contributed by atoms with Crippen molar-refractivity contribution in [1.29, 1.82) is 0 Å². The number of aryl methyl sites for hydroxylation is 1. The van der Waals surface area contributed by atoms with E-state index in [0.29, 0.717) is 29.8 Å². The Bertz CT molecular complexity index is 922. The van der Waals surface area contributed by atoms with Gasteiger partial charge >= 0.3 is 0 Å². The lowest BCUT2D eigenvalue weighted by atomic mass is 10.2. The molecule has 1 aromatic carbocycles. The summed E-state index contributed by atoms with van der Waals surface area (Å²) in [5, 5.41) is 19.8. The summed E-state index contributed by atoms with van der Waals surface area (Å²) < 4.78 is 12.5. The first-order valence-corrected chi connectivity index (χ1v) is 8.50. The molecule has 25 heavy (non-hydrogen) atoms. The number of carbonyl (C=O) groups is 1. The van der Waals surface area contributed by atoms with E-state index in [1.54, 1.807) is 18.3 Å². The average Bonchev–Trinajstić information content (AvgIpc) is 3.30. The summed E-state index contributed by atoms with van der Waals surface area (Å²) in [4.78, 5) is 12.3. The quantitative estimate of drug-likeness (QED) is 0.757. The van der Waals surface area contributed by atoms with Gasteiger partial charge in [-0.1, -0.05) is 23.5 Å². The van der Waals surface area contributed by atoms with E-state index in [0.717, 1.165) is 17.1 Å². The Kier molecular flexibility index (Phi) is 4.02. The zero-order valence-corrected chi connectivity index (χ0v) is 14.1. The molecule has 1 amide bonds. The number of ether oxygens (including phenoxy) is 2. The summed E-state index contributed by atoms with van der Waals surface area (Å²) in [5.74, 6) is 0.949. The molecule has 0 aliphatic carbocycles. The highest BCUT2D eigenvalue weighted by molar-refractivity contribution is 7.15. The molecule has 4 rings (SSSR count). The van der Waals surface area contributed by atoms with Crippen molar-refractivity contribution < 1.29 is 14.3 Å². The molecule has 0 spiro atoms. The summed E-state index contributed by atoms with van der Waals surface area (Å²) in [6.07, 6.45) is 2.32. The summed E-state index contributed by atoms with van der Waals surface area (Å²) in [6.45, 7) is 3.01. The van der Waals surface area contributed by atoms with Crippen LogP contribution in [0.1, 0.15) is 22.4 Å². The largest absolute Gasteiger partial charge is 0.486 e. The molecule has 0 atom stereocenters. The molecule has 0 saturated heterocycles. The van der Waals surface area contributed by atoms with Crippen molar-refractivity contribution in [2.45, 2.75) is 13.3 Å². The van der Waals surface area contributed by atoms with E-state index >= 15 is 0 Å². The van der Waals surface area contributed by atoms with Gasteiger partial charge in [0.25, 0.3) is 5.91 Å². The molecule has 10 heteroatoms. The highest BCUT2D eigenvalue weighted by Crippen LogP contribution is 2.31. The minimum absolute atomic E-state index is 0.183. The smallest absolute Gasteiger partial charge is 0.279 e. The molecule has 2 aromatic heterocycles.